The number of rotatable bonds is 10. The van der Waals surface area contributed by atoms with Crippen molar-refractivity contribution in [2.45, 2.75) is 32.1 Å². The van der Waals surface area contributed by atoms with Crippen LogP contribution in [0.4, 0.5) is 5.82 Å². The van der Waals surface area contributed by atoms with Gasteiger partial charge in [0, 0.05) is 55.1 Å². The summed E-state index contributed by atoms with van der Waals surface area (Å²) in [5, 5.41) is 22.1. The van der Waals surface area contributed by atoms with Crippen molar-refractivity contribution in [3.8, 4) is 0 Å². The number of aliphatic carboxylic acids is 2. The van der Waals surface area contributed by atoms with E-state index >= 15 is 0 Å². The second-order valence-corrected chi connectivity index (χ2v) is 9.26. The first-order chi connectivity index (χ1) is 17.6. The normalized spacial score (nSPS) is 20.8. The van der Waals surface area contributed by atoms with E-state index in [0.29, 0.717) is 47.7 Å². The molecule has 2 fully saturated rings. The average molecular weight is 706 g/mol. The van der Waals surface area contributed by atoms with Crippen molar-refractivity contribution in [1.29, 1.82) is 0 Å². The molecule has 1 aromatic rings. The van der Waals surface area contributed by atoms with Crippen molar-refractivity contribution >= 4 is 35.2 Å². The van der Waals surface area contributed by atoms with Crippen LogP contribution in [0.2, 0.25) is 0 Å². The molecular formula is C25H30N6O6Pt. The van der Waals surface area contributed by atoms with Crippen LogP contribution in [-0.4, -0.2) is 69.1 Å². The van der Waals surface area contributed by atoms with Crippen LogP contribution in [0.5, 0.6) is 0 Å². The maximum Gasteiger partial charge on any atom is 2.00 e. The Morgan fingerprint density at radius 3 is 2.13 bits per heavy atom. The number of nitrogens with one attached hydrogen (secondary N) is 3. The van der Waals surface area contributed by atoms with Gasteiger partial charge >= 0.3 is 33.0 Å². The molecule has 1 amide bonds. The molecule has 2 saturated carbocycles. The summed E-state index contributed by atoms with van der Waals surface area (Å²) in [4.78, 5) is 51.6. The molecule has 0 radical (unpaired) electrons. The summed E-state index contributed by atoms with van der Waals surface area (Å²) >= 11 is 0. The minimum atomic E-state index is -1.82. The number of ketones is 1. The molecule has 1 aliphatic heterocycles. The van der Waals surface area contributed by atoms with E-state index < -0.39 is 17.4 Å². The number of anilines is 1. The molecule has 2 atom stereocenters. The van der Waals surface area contributed by atoms with Gasteiger partial charge in [-0.25, -0.2) is 4.98 Å². The van der Waals surface area contributed by atoms with Crippen LogP contribution in [0.15, 0.2) is 47.9 Å². The van der Waals surface area contributed by atoms with Crippen LogP contribution >= 0.6 is 0 Å². The second kappa shape index (κ2) is 13.5. The Morgan fingerprint density at radius 1 is 1.11 bits per heavy atom. The zero-order valence-electron chi connectivity index (χ0n) is 20.6. The number of pyridine rings is 1. The van der Waals surface area contributed by atoms with Gasteiger partial charge in [0.2, 0.25) is 0 Å². The van der Waals surface area contributed by atoms with Crippen molar-refractivity contribution in [3.05, 3.63) is 59.8 Å². The average Bonchev–Trinajstić information content (AvgIpc) is 3.14. The zero-order chi connectivity index (χ0) is 27.2. The molecule has 0 aromatic carbocycles. The molecule has 1 aromatic heterocycles. The second-order valence-electron chi connectivity index (χ2n) is 9.26. The first kappa shape index (κ1) is 31.0. The molecule has 0 spiro atoms. The van der Waals surface area contributed by atoms with Crippen molar-refractivity contribution in [3.63, 3.8) is 0 Å². The Bertz CT molecular complexity index is 1080. The third-order valence-corrected chi connectivity index (χ3v) is 6.94. The standard InChI is InChI=1S/C19H18N4O6.C6H12N2.Pt/c1-11-2-5-16(25)23(11)7-6-14(24)12-3-4-15(20-10-12)22-21-13-8-19(9-13,17(26)27)18(28)29;7-3-5-1-2-6(5)4-8;/h2-5,10H,1,6-9H2,(H,20,22)(H,26,27)(H,28,29);5-8H,1-4H2;/q;-2;+2/t;5-,6-;/m.0./s1. The van der Waals surface area contributed by atoms with Crippen molar-refractivity contribution in [1.82, 2.24) is 9.88 Å². The number of allylic oxidation sites excluding steroid dienone is 1. The smallest absolute Gasteiger partial charge is 0.677 e. The van der Waals surface area contributed by atoms with Crippen LogP contribution in [-0.2, 0) is 35.4 Å². The minimum absolute atomic E-state index is 0. The Kier molecular flexibility index (Phi) is 11.1. The van der Waals surface area contributed by atoms with Gasteiger partial charge in [0.15, 0.2) is 11.2 Å². The number of carbonyl (C=O) groups is 4. The fourth-order valence-corrected chi connectivity index (χ4v) is 4.16. The van der Waals surface area contributed by atoms with E-state index in [0.717, 1.165) is 0 Å². The van der Waals surface area contributed by atoms with Crippen LogP contribution in [0.1, 0.15) is 42.5 Å². The molecular weight excluding hydrogens is 675 g/mol. The minimum Gasteiger partial charge on any atom is -0.677 e. The molecule has 3 aliphatic rings. The van der Waals surface area contributed by atoms with Gasteiger partial charge < -0.3 is 26.6 Å². The molecule has 5 N–H and O–H groups in total. The van der Waals surface area contributed by atoms with E-state index in [4.69, 9.17) is 21.7 Å². The predicted octanol–water partition coefficient (Wildman–Crippen LogP) is 3.40. The van der Waals surface area contributed by atoms with Crippen LogP contribution in [0, 0.1) is 17.3 Å². The summed E-state index contributed by atoms with van der Waals surface area (Å²) in [5.41, 5.74) is 16.1. The summed E-state index contributed by atoms with van der Waals surface area (Å²) in [6.07, 6.45) is 6.51. The number of amides is 1. The molecule has 0 bridgehead atoms. The number of aromatic nitrogens is 1. The van der Waals surface area contributed by atoms with Gasteiger partial charge in [0.1, 0.15) is 5.82 Å². The summed E-state index contributed by atoms with van der Waals surface area (Å²) < 4.78 is 0. The molecule has 2 heterocycles. The zero-order valence-corrected chi connectivity index (χ0v) is 22.9. The van der Waals surface area contributed by atoms with Crippen LogP contribution < -0.4 is 5.43 Å². The van der Waals surface area contributed by atoms with E-state index in [2.05, 4.69) is 22.1 Å². The molecule has 206 valence electrons. The van der Waals surface area contributed by atoms with E-state index in [1.165, 1.54) is 36.1 Å². The molecule has 13 heteroatoms. The van der Waals surface area contributed by atoms with E-state index in [1.54, 1.807) is 12.1 Å². The van der Waals surface area contributed by atoms with Crippen molar-refractivity contribution < 1.29 is 50.5 Å². The molecule has 4 rings (SSSR count). The van der Waals surface area contributed by atoms with Gasteiger partial charge in [0.25, 0.3) is 5.91 Å². The molecule has 0 unspecified atom stereocenters. The maximum absolute atomic E-state index is 12.3. The molecule has 2 aliphatic carbocycles. The number of nitrogens with zero attached hydrogens (tertiary/aromatic N) is 3. The van der Waals surface area contributed by atoms with Crippen molar-refractivity contribution in [2.75, 3.05) is 25.1 Å². The largest absolute Gasteiger partial charge is 2.00 e. The van der Waals surface area contributed by atoms with Crippen molar-refractivity contribution in [2.24, 2.45) is 22.4 Å². The Balaban J connectivity index is 0.000000482. The van der Waals surface area contributed by atoms with Gasteiger partial charge in [-0.2, -0.15) is 5.10 Å². The Labute approximate surface area is 234 Å². The van der Waals surface area contributed by atoms with Gasteiger partial charge in [-0.3, -0.25) is 24.6 Å². The number of carboxylic acids is 2. The summed E-state index contributed by atoms with van der Waals surface area (Å²) in [6, 6.07) is 3.08. The summed E-state index contributed by atoms with van der Waals surface area (Å²) in [5.74, 6) is -1.69. The summed E-state index contributed by atoms with van der Waals surface area (Å²) in [6.45, 7) is 5.05. The quantitative estimate of drug-likeness (QED) is 0.187. The summed E-state index contributed by atoms with van der Waals surface area (Å²) in [7, 11) is 0. The fourth-order valence-electron chi connectivity index (χ4n) is 4.16. The van der Waals surface area contributed by atoms with Gasteiger partial charge in [-0.15, -0.1) is 13.1 Å². The topological polar surface area (TPSA) is 197 Å². The Hall–Kier alpha value is -3.21. The number of carbonyl (C=O) groups excluding carboxylic acids is 2. The first-order valence-electron chi connectivity index (χ1n) is 11.9. The maximum atomic E-state index is 12.3. The van der Waals surface area contributed by atoms with Gasteiger partial charge in [0.05, 0.1) is 0 Å². The number of carboxylic acid groups (broad SMARTS) is 2. The fraction of sp³-hybridized carbons (Fsp3) is 0.440. The van der Waals surface area contributed by atoms with E-state index in [9.17, 15) is 19.2 Å². The van der Waals surface area contributed by atoms with Gasteiger partial charge in [-0.05, 0) is 18.2 Å². The molecule has 38 heavy (non-hydrogen) atoms. The van der Waals surface area contributed by atoms with E-state index in [-0.39, 0.29) is 58.6 Å². The monoisotopic (exact) mass is 705 g/mol. The SMILES string of the molecule is C=C1C=CC(=O)N1CCC(=O)c1ccc(NN=C2CC(C(=O)O)(C(=O)O)C2)nc1.[NH-]C[C@@H]1CC[C@H]1C[NH-].[Pt+2]. The van der Waals surface area contributed by atoms with E-state index in [1.807, 2.05) is 0 Å². The van der Waals surface area contributed by atoms with Crippen LogP contribution in [0.25, 0.3) is 11.5 Å². The third-order valence-electron chi connectivity index (χ3n) is 6.94. The number of hydrazone groups is 1. The number of hydrogen-bond acceptors (Lipinski definition) is 7. The van der Waals surface area contributed by atoms with Gasteiger partial charge in [-0.1, -0.05) is 31.3 Å². The molecule has 12 nitrogen and oxygen atoms in total. The van der Waals surface area contributed by atoms with Crippen LogP contribution in [0.3, 0.4) is 0 Å². The predicted molar refractivity (Wildman–Crippen MR) is 136 cm³/mol. The number of hydrogen-bond donors (Lipinski definition) is 3. The Morgan fingerprint density at radius 2 is 1.71 bits per heavy atom. The third kappa shape index (κ3) is 7.00. The molecule has 0 saturated heterocycles. The number of Topliss-reactive ketones (excluding diaryl/α,β-unsaturated/α-hetero) is 1. The first-order valence-corrected chi connectivity index (χ1v) is 11.9.